The molecule has 3 heterocycles. The van der Waals surface area contributed by atoms with Crippen LogP contribution < -0.4 is 5.32 Å². The van der Waals surface area contributed by atoms with Crippen LogP contribution in [0.4, 0.5) is 10.7 Å². The third-order valence-electron chi connectivity index (χ3n) is 6.35. The maximum absolute atomic E-state index is 13.1. The number of piperidine rings is 1. The monoisotopic (exact) mass is 503 g/mol. The molecule has 1 aliphatic heterocycles. The van der Waals surface area contributed by atoms with Crippen molar-refractivity contribution in [1.29, 1.82) is 5.26 Å². The van der Waals surface area contributed by atoms with Crippen LogP contribution in [-0.4, -0.2) is 55.1 Å². The molecule has 1 aliphatic rings. The third-order valence-corrected chi connectivity index (χ3v) is 6.35. The van der Waals surface area contributed by atoms with Crippen molar-refractivity contribution in [3.63, 3.8) is 0 Å². The fourth-order valence-corrected chi connectivity index (χ4v) is 4.59. The van der Waals surface area contributed by atoms with Crippen LogP contribution in [0.3, 0.4) is 0 Å². The average Bonchev–Trinajstić information content (AvgIpc) is 3.23. The van der Waals surface area contributed by atoms with E-state index in [1.807, 2.05) is 63.5 Å². The number of ether oxygens (including phenoxy) is 1. The van der Waals surface area contributed by atoms with Gasteiger partial charge in [-0.05, 0) is 65.2 Å². The Morgan fingerprint density at radius 3 is 2.73 bits per heavy atom. The van der Waals surface area contributed by atoms with Crippen molar-refractivity contribution in [1.82, 2.24) is 24.4 Å². The van der Waals surface area contributed by atoms with Gasteiger partial charge in [0.2, 0.25) is 11.9 Å². The molecule has 3 aromatic rings. The number of aromatic nitrogens is 4. The summed E-state index contributed by atoms with van der Waals surface area (Å²) in [5.41, 5.74) is 2.39. The number of nitrogens with one attached hydrogen (secondary N) is 1. The topological polar surface area (TPSA) is 126 Å². The highest BCUT2D eigenvalue weighted by Gasteiger charge is 2.32. The van der Waals surface area contributed by atoms with Gasteiger partial charge in [-0.3, -0.25) is 10.1 Å². The summed E-state index contributed by atoms with van der Waals surface area (Å²) >= 11 is 0. The second kappa shape index (κ2) is 10.5. The molecule has 0 saturated carbocycles. The Kier molecular flexibility index (Phi) is 7.43. The maximum atomic E-state index is 13.1. The zero-order valence-corrected chi connectivity index (χ0v) is 22.0. The molecule has 0 aliphatic carbocycles. The number of anilines is 1. The number of hydrogen-bond donors (Lipinski definition) is 1. The summed E-state index contributed by atoms with van der Waals surface area (Å²) < 4.78 is 7.48. The number of hydrogen-bond acceptors (Lipinski definition) is 7. The van der Waals surface area contributed by atoms with Crippen LogP contribution >= 0.6 is 0 Å². The number of rotatable bonds is 5. The normalized spacial score (nSPS) is 16.8. The van der Waals surface area contributed by atoms with Crippen molar-refractivity contribution in [2.45, 2.75) is 65.5 Å². The second-order valence-electron chi connectivity index (χ2n) is 10.3. The number of carbonyl (C=O) groups is 2. The summed E-state index contributed by atoms with van der Waals surface area (Å²) in [6.07, 6.45) is 2.52. The van der Waals surface area contributed by atoms with Gasteiger partial charge in [-0.25, -0.2) is 19.7 Å². The molecule has 0 radical (unpaired) electrons. The van der Waals surface area contributed by atoms with E-state index in [1.54, 1.807) is 11.1 Å². The van der Waals surface area contributed by atoms with Gasteiger partial charge >= 0.3 is 6.09 Å². The maximum Gasteiger partial charge on any atom is 0.410 e. The highest BCUT2D eigenvalue weighted by atomic mass is 16.6. The zero-order chi connectivity index (χ0) is 26.7. The first kappa shape index (κ1) is 26.1. The first-order valence-electron chi connectivity index (χ1n) is 12.6. The molecular formula is C27H33N7O3. The van der Waals surface area contributed by atoms with Crippen LogP contribution in [0.2, 0.25) is 0 Å². The molecule has 2 amide bonds. The lowest BCUT2D eigenvalue weighted by atomic mass is 9.97. The Morgan fingerprint density at radius 2 is 2.03 bits per heavy atom. The summed E-state index contributed by atoms with van der Waals surface area (Å²) in [7, 11) is 0. The molecule has 10 nitrogen and oxygen atoms in total. The Morgan fingerprint density at radius 1 is 1.27 bits per heavy atom. The number of para-hydroxylation sites is 2. The van der Waals surface area contributed by atoms with Crippen molar-refractivity contribution in [3.8, 4) is 6.07 Å². The average molecular weight is 504 g/mol. The molecular weight excluding hydrogens is 470 g/mol. The Bertz CT molecular complexity index is 1350. The van der Waals surface area contributed by atoms with Gasteiger partial charge in [0, 0.05) is 25.8 Å². The SMILES string of the molecule is CCn1c(C(C#N)c2nc(NC(=O)C3CCCN(C(=O)OC(C)(C)C)C3)ncc2C)nc2ccccc21. The summed E-state index contributed by atoms with van der Waals surface area (Å²) in [6.45, 7) is 10.8. The molecule has 194 valence electrons. The van der Waals surface area contributed by atoms with Crippen LogP contribution in [0.25, 0.3) is 11.0 Å². The fraction of sp³-hybridized carbons (Fsp3) is 0.481. The first-order chi connectivity index (χ1) is 17.6. The second-order valence-corrected chi connectivity index (χ2v) is 10.3. The summed E-state index contributed by atoms with van der Waals surface area (Å²) in [5.74, 6) is -0.684. The van der Waals surface area contributed by atoms with Gasteiger partial charge in [-0.1, -0.05) is 12.1 Å². The van der Waals surface area contributed by atoms with E-state index < -0.39 is 23.5 Å². The number of fused-ring (bicyclic) bond motifs is 1. The number of aryl methyl sites for hydroxylation is 2. The van der Waals surface area contributed by atoms with E-state index in [0.717, 1.165) is 16.6 Å². The van der Waals surface area contributed by atoms with Crippen molar-refractivity contribution in [2.24, 2.45) is 5.92 Å². The summed E-state index contributed by atoms with van der Waals surface area (Å²) in [5, 5.41) is 12.9. The predicted molar refractivity (Wildman–Crippen MR) is 139 cm³/mol. The fourth-order valence-electron chi connectivity index (χ4n) is 4.59. The minimum absolute atomic E-state index is 0.124. The van der Waals surface area contributed by atoms with Gasteiger partial charge in [0.05, 0.1) is 28.7 Å². The van der Waals surface area contributed by atoms with E-state index in [4.69, 9.17) is 9.72 Å². The standard InChI is InChI=1S/C27H33N7O3/c1-6-34-21-12-8-7-11-20(21)30-23(34)19(14-28)22-17(2)15-29-25(31-22)32-24(35)18-10-9-13-33(16-18)26(36)37-27(3,4)5/h7-8,11-12,15,18-19H,6,9-10,13,16H2,1-5H3,(H,29,31,32,35). The van der Waals surface area contributed by atoms with Crippen molar-refractivity contribution in [3.05, 3.63) is 47.5 Å². The Hall–Kier alpha value is -4.00. The molecule has 1 aromatic carbocycles. The van der Waals surface area contributed by atoms with E-state index in [1.165, 1.54) is 0 Å². The van der Waals surface area contributed by atoms with E-state index in [0.29, 0.717) is 37.4 Å². The van der Waals surface area contributed by atoms with E-state index in [-0.39, 0.29) is 18.4 Å². The van der Waals surface area contributed by atoms with Gasteiger partial charge < -0.3 is 14.2 Å². The lowest BCUT2D eigenvalue weighted by Gasteiger charge is -2.33. The number of amides is 2. The van der Waals surface area contributed by atoms with Gasteiger partial charge in [0.15, 0.2) is 0 Å². The highest BCUT2D eigenvalue weighted by molar-refractivity contribution is 5.91. The molecule has 1 fully saturated rings. The van der Waals surface area contributed by atoms with Gasteiger partial charge in [-0.15, -0.1) is 0 Å². The predicted octanol–water partition coefficient (Wildman–Crippen LogP) is 4.40. The highest BCUT2D eigenvalue weighted by Crippen LogP contribution is 2.29. The Balaban J connectivity index is 1.55. The molecule has 4 rings (SSSR count). The van der Waals surface area contributed by atoms with Crippen LogP contribution in [-0.2, 0) is 16.1 Å². The molecule has 0 bridgehead atoms. The smallest absolute Gasteiger partial charge is 0.410 e. The van der Waals surface area contributed by atoms with Crippen LogP contribution in [0.15, 0.2) is 30.5 Å². The molecule has 1 saturated heterocycles. The van der Waals surface area contributed by atoms with Crippen molar-refractivity contribution in [2.75, 3.05) is 18.4 Å². The minimum atomic E-state index is -0.733. The van der Waals surface area contributed by atoms with Crippen molar-refractivity contribution >= 4 is 29.0 Å². The van der Waals surface area contributed by atoms with Crippen LogP contribution in [0.5, 0.6) is 0 Å². The molecule has 2 unspecified atom stereocenters. The zero-order valence-electron chi connectivity index (χ0n) is 22.0. The van der Waals surface area contributed by atoms with Crippen molar-refractivity contribution < 1.29 is 14.3 Å². The quantitative estimate of drug-likeness (QED) is 0.547. The number of nitrogens with zero attached hydrogens (tertiary/aromatic N) is 6. The van der Waals surface area contributed by atoms with Gasteiger partial charge in [-0.2, -0.15) is 5.26 Å². The van der Waals surface area contributed by atoms with E-state index in [9.17, 15) is 14.9 Å². The summed E-state index contributed by atoms with van der Waals surface area (Å²) in [4.78, 5) is 40.8. The number of nitriles is 1. The lowest BCUT2D eigenvalue weighted by molar-refractivity contribution is -0.121. The first-order valence-corrected chi connectivity index (χ1v) is 12.6. The third kappa shape index (κ3) is 5.71. The number of benzene rings is 1. The number of carbonyl (C=O) groups excluding carboxylic acids is 2. The van der Waals surface area contributed by atoms with E-state index in [2.05, 4.69) is 21.4 Å². The largest absolute Gasteiger partial charge is 0.444 e. The van der Waals surface area contributed by atoms with Gasteiger partial charge in [0.25, 0.3) is 0 Å². The molecule has 1 N–H and O–H groups in total. The molecule has 2 aromatic heterocycles. The Labute approximate surface area is 216 Å². The lowest BCUT2D eigenvalue weighted by Crippen LogP contribution is -2.45. The molecule has 2 atom stereocenters. The van der Waals surface area contributed by atoms with Gasteiger partial charge in [0.1, 0.15) is 17.3 Å². The molecule has 0 spiro atoms. The molecule has 37 heavy (non-hydrogen) atoms. The van der Waals surface area contributed by atoms with Crippen LogP contribution in [0, 0.1) is 24.2 Å². The van der Waals surface area contributed by atoms with E-state index >= 15 is 0 Å². The minimum Gasteiger partial charge on any atom is -0.444 e. The number of imidazole rings is 1. The summed E-state index contributed by atoms with van der Waals surface area (Å²) in [6, 6.07) is 10.1. The van der Waals surface area contributed by atoms with Crippen LogP contribution in [0.1, 0.15) is 63.5 Å². The molecule has 10 heteroatoms. The number of likely N-dealkylation sites (tertiary alicyclic amines) is 1.